The zero-order valence-electron chi connectivity index (χ0n) is 12.4. The Morgan fingerprint density at radius 3 is 2.67 bits per heavy atom. The van der Waals surface area contributed by atoms with E-state index in [2.05, 4.69) is 20.8 Å². The normalized spacial score (nSPS) is 12.4. The first-order valence-electron chi connectivity index (χ1n) is 6.84. The van der Waals surface area contributed by atoms with E-state index >= 15 is 0 Å². The van der Waals surface area contributed by atoms with E-state index in [0.717, 1.165) is 5.56 Å². The van der Waals surface area contributed by atoms with Gasteiger partial charge in [0.1, 0.15) is 0 Å². The molecule has 21 heavy (non-hydrogen) atoms. The Morgan fingerprint density at radius 1 is 1.29 bits per heavy atom. The number of hydrogen-bond donors (Lipinski definition) is 1. The summed E-state index contributed by atoms with van der Waals surface area (Å²) >= 11 is 1.36. The number of benzene rings is 1. The number of nitrogens with one attached hydrogen (secondary N) is 1. The van der Waals surface area contributed by atoms with Crippen LogP contribution in [0.25, 0.3) is 0 Å². The highest BCUT2D eigenvalue weighted by Gasteiger charge is 2.19. The number of carbonyl (C=O) groups excluding carboxylic acids is 1. The molecule has 0 saturated heterocycles. The number of carbonyl (C=O) groups is 1. The van der Waals surface area contributed by atoms with Crippen LogP contribution in [0.2, 0.25) is 0 Å². The lowest BCUT2D eigenvalue weighted by molar-refractivity contribution is -0.120. The predicted molar refractivity (Wildman–Crippen MR) is 81.8 cm³/mol. The third kappa shape index (κ3) is 4.29. The van der Waals surface area contributed by atoms with Crippen molar-refractivity contribution in [3.63, 3.8) is 0 Å². The van der Waals surface area contributed by atoms with Crippen molar-refractivity contribution in [2.24, 2.45) is 0 Å². The molecule has 1 atom stereocenters. The Morgan fingerprint density at radius 2 is 2.00 bits per heavy atom. The smallest absolute Gasteiger partial charge is 0.233 e. The Bertz CT molecular complexity index is 584. The van der Waals surface area contributed by atoms with E-state index in [1.807, 2.05) is 51.1 Å². The largest absolute Gasteiger partial charge is 0.351 e. The van der Waals surface area contributed by atoms with E-state index in [0.29, 0.717) is 11.7 Å². The molecule has 0 bridgehead atoms. The number of aromatic nitrogens is 4. The zero-order valence-corrected chi connectivity index (χ0v) is 13.2. The van der Waals surface area contributed by atoms with Gasteiger partial charge in [-0.2, -0.15) is 0 Å². The van der Waals surface area contributed by atoms with Crippen LogP contribution < -0.4 is 5.32 Å². The van der Waals surface area contributed by atoms with Crippen molar-refractivity contribution in [1.29, 1.82) is 0 Å². The monoisotopic (exact) mass is 305 g/mol. The average Bonchev–Trinajstić information content (AvgIpc) is 2.94. The van der Waals surface area contributed by atoms with Gasteiger partial charge in [-0.15, -0.1) is 5.10 Å². The molecule has 1 N–H and O–H groups in total. The Balaban J connectivity index is 1.89. The molecular weight excluding hydrogens is 286 g/mol. The minimum Gasteiger partial charge on any atom is -0.351 e. The maximum atomic E-state index is 12.1. The summed E-state index contributed by atoms with van der Waals surface area (Å²) in [6.45, 7) is 6.38. The van der Waals surface area contributed by atoms with Gasteiger partial charge >= 0.3 is 0 Å². The maximum Gasteiger partial charge on any atom is 0.233 e. The summed E-state index contributed by atoms with van der Waals surface area (Å²) in [5, 5.41) is 14.9. The van der Waals surface area contributed by atoms with Crippen LogP contribution in [0.3, 0.4) is 0 Å². The average molecular weight is 305 g/mol. The molecule has 6 nitrogen and oxygen atoms in total. The summed E-state index contributed by atoms with van der Waals surface area (Å²) in [6.07, 6.45) is 0. The summed E-state index contributed by atoms with van der Waals surface area (Å²) in [5.41, 5.74) is 1.08. The highest BCUT2D eigenvalue weighted by atomic mass is 32.2. The number of rotatable bonds is 6. The van der Waals surface area contributed by atoms with Gasteiger partial charge in [-0.05, 0) is 36.8 Å². The molecule has 112 valence electrons. The zero-order chi connectivity index (χ0) is 15.2. The van der Waals surface area contributed by atoms with E-state index in [1.165, 1.54) is 11.8 Å². The van der Waals surface area contributed by atoms with Crippen LogP contribution in [0.1, 0.15) is 32.4 Å². The fraction of sp³-hybridized carbons (Fsp3) is 0.429. The Kier molecular flexibility index (Phi) is 5.32. The van der Waals surface area contributed by atoms with E-state index in [1.54, 1.807) is 4.68 Å². The van der Waals surface area contributed by atoms with Gasteiger partial charge in [0.25, 0.3) is 0 Å². The Labute approximate surface area is 128 Å². The van der Waals surface area contributed by atoms with Crippen LogP contribution in [-0.4, -0.2) is 31.4 Å². The fourth-order valence-corrected chi connectivity index (χ4v) is 2.67. The van der Waals surface area contributed by atoms with E-state index in [9.17, 15) is 4.79 Å². The summed E-state index contributed by atoms with van der Waals surface area (Å²) < 4.78 is 1.71. The number of tetrazole rings is 1. The second-order valence-electron chi connectivity index (χ2n) is 4.96. The van der Waals surface area contributed by atoms with Gasteiger partial charge < -0.3 is 5.32 Å². The van der Waals surface area contributed by atoms with E-state index in [-0.39, 0.29) is 17.2 Å². The van der Waals surface area contributed by atoms with E-state index < -0.39 is 0 Å². The molecule has 2 aromatic rings. The van der Waals surface area contributed by atoms with Crippen LogP contribution in [0.4, 0.5) is 0 Å². The molecule has 0 fully saturated rings. The minimum atomic E-state index is -0.253. The number of hydrogen-bond acceptors (Lipinski definition) is 5. The van der Waals surface area contributed by atoms with Crippen LogP contribution in [0, 0.1) is 0 Å². The van der Waals surface area contributed by atoms with Crippen molar-refractivity contribution in [3.8, 4) is 0 Å². The molecule has 2 rings (SSSR count). The number of amides is 1. The third-order valence-electron chi connectivity index (χ3n) is 2.91. The molecule has 1 heterocycles. The lowest BCUT2D eigenvalue weighted by atomic mass is 10.2. The Hall–Kier alpha value is -1.89. The fourth-order valence-electron chi connectivity index (χ4n) is 1.73. The second-order valence-corrected chi connectivity index (χ2v) is 6.27. The molecule has 0 aliphatic carbocycles. The van der Waals surface area contributed by atoms with E-state index in [4.69, 9.17) is 0 Å². The topological polar surface area (TPSA) is 72.7 Å². The van der Waals surface area contributed by atoms with Gasteiger partial charge in [0.15, 0.2) is 0 Å². The minimum absolute atomic E-state index is 0.0258. The van der Waals surface area contributed by atoms with Gasteiger partial charge in [-0.3, -0.25) is 4.79 Å². The standard InChI is InChI=1S/C14H19N5OS/c1-10(2)19-14(16-17-18-19)21-11(3)13(20)15-9-12-7-5-4-6-8-12/h4-8,10-11H,9H2,1-3H3,(H,15,20). The molecule has 0 radical (unpaired) electrons. The first-order chi connectivity index (χ1) is 10.1. The van der Waals surface area contributed by atoms with Gasteiger partial charge in [0, 0.05) is 6.54 Å². The molecule has 1 aromatic carbocycles. The first-order valence-corrected chi connectivity index (χ1v) is 7.72. The van der Waals surface area contributed by atoms with Crippen molar-refractivity contribution in [2.45, 2.75) is 43.8 Å². The SMILES string of the molecule is CC(Sc1nnnn1C(C)C)C(=O)NCc1ccccc1. The van der Waals surface area contributed by atoms with Gasteiger partial charge in [0.2, 0.25) is 11.1 Å². The predicted octanol–water partition coefficient (Wildman–Crippen LogP) is 2.05. The third-order valence-corrected chi connectivity index (χ3v) is 3.96. The summed E-state index contributed by atoms with van der Waals surface area (Å²) in [5.74, 6) is -0.0258. The first kappa shape index (κ1) is 15.5. The van der Waals surface area contributed by atoms with Crippen LogP contribution in [-0.2, 0) is 11.3 Å². The maximum absolute atomic E-state index is 12.1. The lowest BCUT2D eigenvalue weighted by Crippen LogP contribution is -2.30. The van der Waals surface area contributed by atoms with Gasteiger partial charge in [-0.1, -0.05) is 42.1 Å². The molecular formula is C14H19N5OS. The van der Waals surface area contributed by atoms with Crippen LogP contribution in [0.15, 0.2) is 35.5 Å². The van der Waals surface area contributed by atoms with Crippen molar-refractivity contribution in [3.05, 3.63) is 35.9 Å². The molecule has 1 aromatic heterocycles. The van der Waals surface area contributed by atoms with Crippen molar-refractivity contribution >= 4 is 17.7 Å². The van der Waals surface area contributed by atoms with Gasteiger partial charge in [-0.25, -0.2) is 4.68 Å². The molecule has 0 aliphatic rings. The number of thioether (sulfide) groups is 1. The molecule has 0 saturated carbocycles. The highest BCUT2D eigenvalue weighted by molar-refractivity contribution is 8.00. The summed E-state index contributed by atoms with van der Waals surface area (Å²) in [4.78, 5) is 12.1. The van der Waals surface area contributed by atoms with Crippen molar-refractivity contribution in [2.75, 3.05) is 0 Å². The molecule has 0 aliphatic heterocycles. The number of nitrogens with zero attached hydrogens (tertiary/aromatic N) is 4. The van der Waals surface area contributed by atoms with Crippen molar-refractivity contribution < 1.29 is 4.79 Å². The molecule has 1 amide bonds. The van der Waals surface area contributed by atoms with Crippen molar-refractivity contribution in [1.82, 2.24) is 25.5 Å². The molecule has 7 heteroatoms. The van der Waals surface area contributed by atoms with Crippen LogP contribution in [0.5, 0.6) is 0 Å². The van der Waals surface area contributed by atoms with Crippen LogP contribution >= 0.6 is 11.8 Å². The quantitative estimate of drug-likeness (QED) is 0.827. The highest BCUT2D eigenvalue weighted by Crippen LogP contribution is 2.22. The lowest BCUT2D eigenvalue weighted by Gasteiger charge is -2.12. The molecule has 1 unspecified atom stereocenters. The summed E-state index contributed by atoms with van der Waals surface area (Å²) in [6, 6.07) is 10.00. The summed E-state index contributed by atoms with van der Waals surface area (Å²) in [7, 11) is 0. The second kappa shape index (κ2) is 7.21. The van der Waals surface area contributed by atoms with Gasteiger partial charge in [0.05, 0.1) is 11.3 Å². The molecule has 0 spiro atoms.